The smallest absolute Gasteiger partial charge is 0.295 e. The molecule has 0 bridgehead atoms. The van der Waals surface area contributed by atoms with Crippen LogP contribution in [0.5, 0.6) is 0 Å². The molecule has 0 amide bonds. The summed E-state index contributed by atoms with van der Waals surface area (Å²) < 4.78 is 5.70. The van der Waals surface area contributed by atoms with Gasteiger partial charge in [-0.1, -0.05) is 66.7 Å². The molecule has 0 fully saturated rings. The van der Waals surface area contributed by atoms with Crippen molar-refractivity contribution in [3.05, 3.63) is 89.8 Å². The van der Waals surface area contributed by atoms with E-state index < -0.39 is 0 Å². The van der Waals surface area contributed by atoms with Crippen molar-refractivity contribution in [2.24, 2.45) is 0 Å². The number of benzene rings is 3. The Morgan fingerprint density at radius 3 is 2.39 bits per heavy atom. The van der Waals surface area contributed by atoms with E-state index in [4.69, 9.17) is 9.40 Å². The van der Waals surface area contributed by atoms with Crippen LogP contribution in [0, 0.1) is 0 Å². The first-order valence-corrected chi connectivity index (χ1v) is 9.93. The van der Waals surface area contributed by atoms with E-state index >= 15 is 0 Å². The average Bonchev–Trinajstić information content (AvgIpc) is 3.40. The van der Waals surface area contributed by atoms with Crippen molar-refractivity contribution in [1.29, 1.82) is 0 Å². The van der Waals surface area contributed by atoms with Gasteiger partial charge in [0.2, 0.25) is 0 Å². The number of aromatic nitrogens is 2. The monoisotopic (exact) mass is 383 g/mol. The number of nitrogens with one attached hydrogen (secondary N) is 1. The highest BCUT2D eigenvalue weighted by Crippen LogP contribution is 2.29. The van der Waals surface area contributed by atoms with Gasteiger partial charge >= 0.3 is 0 Å². The first-order chi connectivity index (χ1) is 13.8. The van der Waals surface area contributed by atoms with Crippen molar-refractivity contribution in [3.63, 3.8) is 0 Å². The van der Waals surface area contributed by atoms with Crippen LogP contribution in [0.15, 0.2) is 88.7 Å². The van der Waals surface area contributed by atoms with Gasteiger partial charge in [-0.25, -0.2) is 4.98 Å². The molecule has 0 spiro atoms. The van der Waals surface area contributed by atoms with Gasteiger partial charge in [0.05, 0.1) is 5.69 Å². The van der Waals surface area contributed by atoms with Crippen molar-refractivity contribution in [2.75, 3.05) is 5.32 Å². The minimum Gasteiger partial charge on any atom is -0.424 e. The molecule has 0 aliphatic carbocycles. The van der Waals surface area contributed by atoms with Gasteiger partial charge in [-0.15, -0.1) is 11.3 Å². The molecule has 0 radical (unpaired) electrons. The summed E-state index contributed by atoms with van der Waals surface area (Å²) >= 11 is 1.66. The third-order valence-electron chi connectivity index (χ3n) is 4.51. The Hall–Kier alpha value is -3.44. The molecule has 0 unspecified atom stereocenters. The van der Waals surface area contributed by atoms with Gasteiger partial charge < -0.3 is 9.73 Å². The van der Waals surface area contributed by atoms with E-state index in [1.165, 1.54) is 0 Å². The van der Waals surface area contributed by atoms with E-state index in [2.05, 4.69) is 52.1 Å². The second kappa shape index (κ2) is 7.29. The number of thiazole rings is 1. The minimum atomic E-state index is 0.540. The molecule has 0 atom stereocenters. The minimum absolute atomic E-state index is 0.540. The molecule has 0 saturated heterocycles. The Kier molecular flexibility index (Phi) is 4.35. The van der Waals surface area contributed by atoms with Crippen LogP contribution in [0.2, 0.25) is 0 Å². The van der Waals surface area contributed by atoms with E-state index in [0.29, 0.717) is 12.6 Å². The van der Waals surface area contributed by atoms with Gasteiger partial charge in [-0.05, 0) is 17.7 Å². The van der Waals surface area contributed by atoms with Crippen molar-refractivity contribution < 1.29 is 4.42 Å². The fourth-order valence-electron chi connectivity index (χ4n) is 3.04. The Labute approximate surface area is 166 Å². The second-order valence-electron chi connectivity index (χ2n) is 6.44. The molecule has 3 aromatic carbocycles. The standard InChI is InChI=1S/C23H17N3OS/c1-2-6-17(7-3-1)20-15-28-22(25-20)18-12-10-16(11-13-18)14-24-23-26-19-8-4-5-9-21(19)27-23/h1-13,15H,14H2,(H,24,26). The fourth-order valence-corrected chi connectivity index (χ4v) is 3.87. The lowest BCUT2D eigenvalue weighted by atomic mass is 10.1. The number of nitrogens with zero attached hydrogens (tertiary/aromatic N) is 2. The Bertz CT molecular complexity index is 1180. The zero-order valence-corrected chi connectivity index (χ0v) is 15.8. The highest BCUT2D eigenvalue weighted by atomic mass is 32.1. The van der Waals surface area contributed by atoms with Crippen LogP contribution in [0.3, 0.4) is 0 Å². The maximum atomic E-state index is 5.70. The Morgan fingerprint density at radius 1 is 0.786 bits per heavy atom. The zero-order valence-electron chi connectivity index (χ0n) is 15.0. The predicted octanol–water partition coefficient (Wildman–Crippen LogP) is 6.23. The maximum Gasteiger partial charge on any atom is 0.295 e. The van der Waals surface area contributed by atoms with E-state index in [-0.39, 0.29) is 0 Å². The summed E-state index contributed by atoms with van der Waals surface area (Å²) in [4.78, 5) is 9.21. The third kappa shape index (κ3) is 3.40. The quantitative estimate of drug-likeness (QED) is 0.391. The molecule has 0 aliphatic heterocycles. The lowest BCUT2D eigenvalue weighted by Gasteiger charge is -2.03. The van der Waals surface area contributed by atoms with Gasteiger partial charge in [0.1, 0.15) is 10.5 Å². The topological polar surface area (TPSA) is 51.0 Å². The van der Waals surface area contributed by atoms with E-state index in [0.717, 1.165) is 38.5 Å². The lowest BCUT2D eigenvalue weighted by Crippen LogP contribution is -1.99. The molecule has 28 heavy (non-hydrogen) atoms. The first kappa shape index (κ1) is 16.7. The van der Waals surface area contributed by atoms with Gasteiger partial charge in [0.25, 0.3) is 6.01 Å². The largest absolute Gasteiger partial charge is 0.424 e. The molecule has 2 heterocycles. The van der Waals surface area contributed by atoms with Crippen LogP contribution in [0.4, 0.5) is 6.01 Å². The molecule has 5 aromatic rings. The number of anilines is 1. The molecule has 136 valence electrons. The maximum absolute atomic E-state index is 5.70. The highest BCUT2D eigenvalue weighted by Gasteiger charge is 2.07. The Balaban J connectivity index is 1.28. The van der Waals surface area contributed by atoms with Crippen LogP contribution in [0.1, 0.15) is 5.56 Å². The van der Waals surface area contributed by atoms with Crippen molar-refractivity contribution in [2.45, 2.75) is 6.54 Å². The van der Waals surface area contributed by atoms with Crippen molar-refractivity contribution >= 4 is 28.5 Å². The fraction of sp³-hybridized carbons (Fsp3) is 0.0435. The van der Waals surface area contributed by atoms with Gasteiger partial charge in [0.15, 0.2) is 5.58 Å². The van der Waals surface area contributed by atoms with E-state index in [1.54, 1.807) is 11.3 Å². The normalized spacial score (nSPS) is 11.0. The van der Waals surface area contributed by atoms with Crippen LogP contribution >= 0.6 is 11.3 Å². The summed E-state index contributed by atoms with van der Waals surface area (Å²) in [6, 6.07) is 27.0. The molecule has 1 N–H and O–H groups in total. The van der Waals surface area contributed by atoms with Gasteiger partial charge in [-0.3, -0.25) is 0 Å². The van der Waals surface area contributed by atoms with Crippen LogP contribution in [-0.4, -0.2) is 9.97 Å². The van der Waals surface area contributed by atoms with Crippen LogP contribution < -0.4 is 5.32 Å². The zero-order chi connectivity index (χ0) is 18.8. The summed E-state index contributed by atoms with van der Waals surface area (Å²) in [6.07, 6.45) is 0. The first-order valence-electron chi connectivity index (χ1n) is 9.05. The number of rotatable bonds is 5. The number of oxazole rings is 1. The Morgan fingerprint density at radius 2 is 1.57 bits per heavy atom. The summed E-state index contributed by atoms with van der Waals surface area (Å²) in [5.41, 5.74) is 6.09. The summed E-state index contributed by atoms with van der Waals surface area (Å²) in [7, 11) is 0. The molecular weight excluding hydrogens is 366 g/mol. The number of fused-ring (bicyclic) bond motifs is 1. The summed E-state index contributed by atoms with van der Waals surface area (Å²) in [5.74, 6) is 0. The number of hydrogen-bond donors (Lipinski definition) is 1. The molecule has 4 nitrogen and oxygen atoms in total. The average molecular weight is 383 g/mol. The lowest BCUT2D eigenvalue weighted by molar-refractivity contribution is 0.614. The molecular formula is C23H17N3OS. The number of para-hydroxylation sites is 2. The SMILES string of the molecule is c1ccc(-c2csc(-c3ccc(CNc4nc5ccccc5o4)cc3)n2)cc1. The summed E-state index contributed by atoms with van der Waals surface area (Å²) in [5, 5.41) is 6.37. The van der Waals surface area contributed by atoms with Crippen molar-refractivity contribution in [3.8, 4) is 21.8 Å². The molecule has 5 rings (SSSR count). The van der Waals surface area contributed by atoms with Crippen LogP contribution in [0.25, 0.3) is 32.9 Å². The predicted molar refractivity (Wildman–Crippen MR) is 114 cm³/mol. The molecule has 2 aromatic heterocycles. The van der Waals surface area contributed by atoms with Gasteiger partial charge in [-0.2, -0.15) is 4.98 Å². The summed E-state index contributed by atoms with van der Waals surface area (Å²) in [6.45, 7) is 0.653. The number of hydrogen-bond acceptors (Lipinski definition) is 5. The molecule has 0 aliphatic rings. The van der Waals surface area contributed by atoms with Crippen LogP contribution in [-0.2, 0) is 6.54 Å². The molecule has 5 heteroatoms. The van der Waals surface area contributed by atoms with E-state index in [1.807, 2.05) is 42.5 Å². The second-order valence-corrected chi connectivity index (χ2v) is 7.30. The van der Waals surface area contributed by atoms with E-state index in [9.17, 15) is 0 Å². The molecule has 0 saturated carbocycles. The van der Waals surface area contributed by atoms with Crippen molar-refractivity contribution in [1.82, 2.24) is 9.97 Å². The van der Waals surface area contributed by atoms with Gasteiger partial charge in [0, 0.05) is 23.1 Å². The third-order valence-corrected chi connectivity index (χ3v) is 5.40. The highest BCUT2D eigenvalue weighted by molar-refractivity contribution is 7.13.